The minimum absolute atomic E-state index is 0.0877. The molecule has 6 rings (SSSR count). The molecule has 0 radical (unpaired) electrons. The highest BCUT2D eigenvalue weighted by Gasteiger charge is 2.56. The number of nitrogens with one attached hydrogen (secondary N) is 1. The van der Waals surface area contributed by atoms with Crippen LogP contribution in [0.25, 0.3) is 11.2 Å². The van der Waals surface area contributed by atoms with Crippen LogP contribution in [-0.2, 0) is 24.2 Å². The van der Waals surface area contributed by atoms with Gasteiger partial charge < -0.3 is 25.3 Å². The van der Waals surface area contributed by atoms with Crippen molar-refractivity contribution in [3.05, 3.63) is 36.5 Å². The summed E-state index contributed by atoms with van der Waals surface area (Å²) in [5.74, 6) is 0.375. The first-order valence-electron chi connectivity index (χ1n) is 14.8. The number of nitrogen functional groups attached to an aromatic ring is 1. The number of allylic oxidation sites excluding steroid dienone is 2. The molecule has 0 bridgehead atoms. The number of unbranched alkanes of at least 4 members (excludes halogenated alkanes) is 1. The topological polar surface area (TPSA) is 159 Å². The van der Waals surface area contributed by atoms with Gasteiger partial charge in [-0.2, -0.15) is 4.31 Å². The number of hydrogen-bond acceptors (Lipinski definition) is 11. The predicted octanol–water partition coefficient (Wildman–Crippen LogP) is 2.54. The van der Waals surface area contributed by atoms with E-state index in [4.69, 9.17) is 24.9 Å². The third kappa shape index (κ3) is 6.07. The Morgan fingerprint density at radius 3 is 2.65 bits per heavy atom. The summed E-state index contributed by atoms with van der Waals surface area (Å²) >= 11 is 0. The largest absolute Gasteiger partial charge is 0.382 e. The highest BCUT2D eigenvalue weighted by molar-refractivity contribution is 7.88. The average Bonchev–Trinajstić information content (AvgIpc) is 3.66. The molecule has 0 saturated carbocycles. The molecule has 13 nitrogen and oxygen atoms in total. The zero-order valence-corrected chi connectivity index (χ0v) is 26.4. The monoisotopic (exact) mass is 614 g/mol. The molecular formula is C29H42N8O5S. The van der Waals surface area contributed by atoms with E-state index in [9.17, 15) is 8.42 Å². The van der Waals surface area contributed by atoms with E-state index < -0.39 is 40.4 Å². The van der Waals surface area contributed by atoms with Gasteiger partial charge in [0.2, 0.25) is 10.0 Å². The summed E-state index contributed by atoms with van der Waals surface area (Å²) in [6.07, 6.45) is 10.9. The Hall–Kier alpha value is -2.91. The standard InChI is InChI=1S/C29H42N8O5S/c1-28(2,3)17-10-11-18-19(13-17)35-21(34-18)9-7-8-12-36(43(6,38)39)14-20-23-24(42-29(4,5)41-23)27(40-20)37-16-33-22-25(30)31-15-32-26(22)37/h10-11,13,15-16,18-20,23-24,27H,7-9,12,14H2,1-6H3,(H,34,35)(H2,30,31,32)/t18?,19?,20-,23-,24-,27?/m1/s1. The van der Waals surface area contributed by atoms with Crippen LogP contribution in [0, 0.1) is 5.41 Å². The van der Waals surface area contributed by atoms with Gasteiger partial charge in [0, 0.05) is 19.5 Å². The smallest absolute Gasteiger partial charge is 0.211 e. The lowest BCUT2D eigenvalue weighted by atomic mass is 9.82. The van der Waals surface area contributed by atoms with E-state index in [0.717, 1.165) is 18.7 Å². The first-order chi connectivity index (χ1) is 20.2. The van der Waals surface area contributed by atoms with Crippen molar-refractivity contribution in [2.75, 3.05) is 25.1 Å². The lowest BCUT2D eigenvalue weighted by Crippen LogP contribution is -2.42. The summed E-state index contributed by atoms with van der Waals surface area (Å²) < 4.78 is 47.9. The quantitative estimate of drug-likeness (QED) is 0.402. The van der Waals surface area contributed by atoms with Crippen LogP contribution in [0.3, 0.4) is 0 Å². The molecule has 43 heavy (non-hydrogen) atoms. The van der Waals surface area contributed by atoms with E-state index in [0.29, 0.717) is 24.1 Å². The van der Waals surface area contributed by atoms with Crippen molar-refractivity contribution in [2.45, 2.75) is 96.3 Å². The lowest BCUT2D eigenvalue weighted by Gasteiger charge is -2.28. The highest BCUT2D eigenvalue weighted by Crippen LogP contribution is 2.44. The SMILES string of the molecule is CC1(C)O[C@@H]2[C@@H](CN(CCCCC3=NC4C=CC(C(C)(C)C)=CC4N3)S(C)(=O)=O)OC(n3cnc4c(N)ncnc43)[C@@H]2O1. The summed E-state index contributed by atoms with van der Waals surface area (Å²) in [6.45, 7) is 10.8. The summed E-state index contributed by atoms with van der Waals surface area (Å²) in [6, 6.07) is 0.290. The fourth-order valence-corrected chi connectivity index (χ4v) is 7.10. The molecule has 14 heteroatoms. The normalized spacial score (nSPS) is 29.9. The Morgan fingerprint density at radius 2 is 1.91 bits per heavy atom. The van der Waals surface area contributed by atoms with Crippen LogP contribution in [-0.4, -0.2) is 93.6 Å². The van der Waals surface area contributed by atoms with E-state index in [2.05, 4.69) is 59.3 Å². The molecule has 2 fully saturated rings. The van der Waals surface area contributed by atoms with Crippen molar-refractivity contribution in [3.63, 3.8) is 0 Å². The number of nitrogens with zero attached hydrogens (tertiary/aromatic N) is 6. The summed E-state index contributed by atoms with van der Waals surface area (Å²) in [5, 5.41) is 3.56. The van der Waals surface area contributed by atoms with Crippen molar-refractivity contribution < 1.29 is 22.6 Å². The molecule has 3 aliphatic heterocycles. The van der Waals surface area contributed by atoms with Gasteiger partial charge in [-0.25, -0.2) is 23.4 Å². The maximum Gasteiger partial charge on any atom is 0.211 e. The zero-order valence-electron chi connectivity index (χ0n) is 25.6. The molecule has 5 heterocycles. The molecule has 2 aromatic heterocycles. The van der Waals surface area contributed by atoms with Gasteiger partial charge >= 0.3 is 0 Å². The number of anilines is 1. The second-order valence-electron chi connectivity index (χ2n) is 13.3. The van der Waals surface area contributed by atoms with Gasteiger partial charge in [-0.1, -0.05) is 39.0 Å². The maximum atomic E-state index is 12.9. The molecule has 2 aromatic rings. The number of fused-ring (bicyclic) bond motifs is 3. The van der Waals surface area contributed by atoms with Gasteiger partial charge in [0.05, 0.1) is 30.5 Å². The number of aliphatic imine (C=N–C) groups is 1. The van der Waals surface area contributed by atoms with Crippen molar-refractivity contribution in [1.29, 1.82) is 0 Å². The highest BCUT2D eigenvalue weighted by atomic mass is 32.2. The first-order valence-corrected chi connectivity index (χ1v) is 16.7. The van der Waals surface area contributed by atoms with Crippen LogP contribution >= 0.6 is 0 Å². The van der Waals surface area contributed by atoms with E-state index in [1.807, 2.05) is 13.8 Å². The zero-order chi connectivity index (χ0) is 30.7. The number of hydrogen-bond donors (Lipinski definition) is 2. The van der Waals surface area contributed by atoms with Crippen LogP contribution in [0.5, 0.6) is 0 Å². The maximum absolute atomic E-state index is 12.9. The van der Waals surface area contributed by atoms with Crippen molar-refractivity contribution in [2.24, 2.45) is 10.4 Å². The first kappa shape index (κ1) is 30.1. The molecule has 0 spiro atoms. The number of ether oxygens (including phenoxy) is 3. The Bertz CT molecular complexity index is 1580. The van der Waals surface area contributed by atoms with Crippen molar-refractivity contribution >= 4 is 32.8 Å². The number of sulfonamides is 1. The van der Waals surface area contributed by atoms with Gasteiger partial charge in [0.1, 0.15) is 30.2 Å². The molecular weight excluding hydrogens is 572 g/mol. The number of nitrogens with two attached hydrogens (primary N) is 1. The minimum Gasteiger partial charge on any atom is -0.382 e. The number of amidine groups is 1. The van der Waals surface area contributed by atoms with Crippen LogP contribution in [0.4, 0.5) is 5.82 Å². The molecule has 3 unspecified atom stereocenters. The molecule has 2 saturated heterocycles. The second kappa shape index (κ2) is 10.9. The van der Waals surface area contributed by atoms with Crippen LogP contribution < -0.4 is 11.1 Å². The van der Waals surface area contributed by atoms with Crippen LogP contribution in [0.1, 0.15) is 60.1 Å². The van der Waals surface area contributed by atoms with E-state index in [1.54, 1.807) is 10.9 Å². The number of imidazole rings is 1. The van der Waals surface area contributed by atoms with Gasteiger partial charge in [-0.3, -0.25) is 9.56 Å². The third-order valence-corrected chi connectivity index (χ3v) is 9.68. The van der Waals surface area contributed by atoms with Crippen LogP contribution in [0.15, 0.2) is 41.4 Å². The van der Waals surface area contributed by atoms with Gasteiger partial charge in [-0.15, -0.1) is 0 Å². The Kier molecular flexibility index (Phi) is 7.65. The lowest BCUT2D eigenvalue weighted by molar-refractivity contribution is -0.196. The fraction of sp³-hybridized carbons (Fsp3) is 0.655. The fourth-order valence-electron chi connectivity index (χ4n) is 6.23. The number of aromatic nitrogens is 4. The van der Waals surface area contributed by atoms with Gasteiger partial charge in [0.15, 0.2) is 23.5 Å². The average molecular weight is 615 g/mol. The van der Waals surface area contributed by atoms with Crippen molar-refractivity contribution in [3.8, 4) is 0 Å². The van der Waals surface area contributed by atoms with Crippen molar-refractivity contribution in [1.82, 2.24) is 29.1 Å². The predicted molar refractivity (Wildman–Crippen MR) is 163 cm³/mol. The molecule has 6 atom stereocenters. The third-order valence-electron chi connectivity index (χ3n) is 8.41. The molecule has 1 aliphatic carbocycles. The Labute approximate surface area is 252 Å². The summed E-state index contributed by atoms with van der Waals surface area (Å²) in [7, 11) is -3.52. The molecule has 4 aliphatic rings. The summed E-state index contributed by atoms with van der Waals surface area (Å²) in [4.78, 5) is 17.6. The van der Waals surface area contributed by atoms with E-state index in [-0.39, 0.29) is 29.9 Å². The van der Waals surface area contributed by atoms with E-state index >= 15 is 0 Å². The molecule has 3 N–H and O–H groups in total. The van der Waals surface area contributed by atoms with Gasteiger partial charge in [-0.05, 0) is 37.7 Å². The minimum atomic E-state index is -3.52. The molecule has 0 amide bonds. The summed E-state index contributed by atoms with van der Waals surface area (Å²) in [5.41, 5.74) is 8.36. The van der Waals surface area contributed by atoms with Crippen LogP contribution in [0.2, 0.25) is 0 Å². The second-order valence-corrected chi connectivity index (χ2v) is 15.2. The van der Waals surface area contributed by atoms with Gasteiger partial charge in [0.25, 0.3) is 0 Å². The van der Waals surface area contributed by atoms with E-state index in [1.165, 1.54) is 22.5 Å². The Balaban J connectivity index is 1.10. The Morgan fingerprint density at radius 1 is 1.14 bits per heavy atom. The molecule has 234 valence electrons. The number of rotatable bonds is 9. The molecule has 0 aromatic carbocycles.